The number of Topliss-reactive ketones (excluding diaryl/α,β-unsaturated/α-hetero) is 1. The van der Waals surface area contributed by atoms with Gasteiger partial charge in [0.05, 0.1) is 6.42 Å². The van der Waals surface area contributed by atoms with Gasteiger partial charge in [-0.25, -0.2) is 9.67 Å². The van der Waals surface area contributed by atoms with Gasteiger partial charge in [0, 0.05) is 24.0 Å². The highest BCUT2D eigenvalue weighted by Crippen LogP contribution is 2.09. The van der Waals surface area contributed by atoms with Gasteiger partial charge < -0.3 is 0 Å². The Hall–Kier alpha value is -2.04. The Kier molecular flexibility index (Phi) is 4.04. The van der Waals surface area contributed by atoms with E-state index in [1.165, 1.54) is 6.33 Å². The lowest BCUT2D eigenvalue weighted by molar-refractivity contribution is 0.0988. The van der Waals surface area contributed by atoms with Crippen molar-refractivity contribution in [1.82, 2.24) is 19.7 Å². The van der Waals surface area contributed by atoms with Crippen LogP contribution >= 0.6 is 0 Å². The lowest BCUT2D eigenvalue weighted by atomic mass is 10.1. The highest BCUT2D eigenvalue weighted by atomic mass is 16.1. The van der Waals surface area contributed by atoms with E-state index in [-0.39, 0.29) is 12.2 Å². The van der Waals surface area contributed by atoms with E-state index < -0.39 is 0 Å². The van der Waals surface area contributed by atoms with Crippen molar-refractivity contribution in [2.75, 3.05) is 0 Å². The first-order valence-electron chi connectivity index (χ1n) is 6.39. The summed E-state index contributed by atoms with van der Waals surface area (Å²) in [5.74, 6) is 1.21. The van der Waals surface area contributed by atoms with Gasteiger partial charge in [-0.1, -0.05) is 13.8 Å². The summed E-state index contributed by atoms with van der Waals surface area (Å²) in [5, 5.41) is 4.16. The molecule has 0 saturated heterocycles. The number of aryl methyl sites for hydroxylation is 1. The van der Waals surface area contributed by atoms with E-state index in [4.69, 9.17) is 0 Å². The van der Waals surface area contributed by atoms with Crippen molar-refractivity contribution in [1.29, 1.82) is 0 Å². The number of carbonyl (C=O) groups excluding carboxylic acids is 1. The molecule has 0 aromatic carbocycles. The fraction of sp³-hybridized carbons (Fsp3) is 0.429. The quantitative estimate of drug-likeness (QED) is 0.770. The molecule has 0 aliphatic carbocycles. The summed E-state index contributed by atoms with van der Waals surface area (Å²) in [5.41, 5.74) is 1.41. The average Bonchev–Trinajstić information content (AvgIpc) is 2.76. The van der Waals surface area contributed by atoms with Crippen molar-refractivity contribution in [2.45, 2.75) is 33.7 Å². The summed E-state index contributed by atoms with van der Waals surface area (Å²) in [6, 6.07) is 3.58. The molecule has 0 N–H and O–H groups in total. The molecule has 19 heavy (non-hydrogen) atoms. The van der Waals surface area contributed by atoms with Gasteiger partial charge in [0.2, 0.25) is 0 Å². The van der Waals surface area contributed by atoms with Crippen LogP contribution in [0.5, 0.6) is 0 Å². The van der Waals surface area contributed by atoms with Crippen LogP contribution in [0.4, 0.5) is 0 Å². The maximum atomic E-state index is 12.2. The normalized spacial score (nSPS) is 10.9. The smallest absolute Gasteiger partial charge is 0.172 e. The maximum absolute atomic E-state index is 12.2. The Morgan fingerprint density at radius 1 is 1.37 bits per heavy atom. The number of nitrogens with zero attached hydrogens (tertiary/aromatic N) is 4. The van der Waals surface area contributed by atoms with Crippen molar-refractivity contribution in [2.24, 2.45) is 5.92 Å². The number of ketones is 1. The lowest BCUT2D eigenvalue weighted by Crippen LogP contribution is -2.15. The van der Waals surface area contributed by atoms with Gasteiger partial charge >= 0.3 is 0 Å². The zero-order valence-corrected chi connectivity index (χ0v) is 11.5. The number of aromatic nitrogens is 4. The third-order valence-electron chi connectivity index (χ3n) is 2.86. The summed E-state index contributed by atoms with van der Waals surface area (Å²) < 4.78 is 1.80. The monoisotopic (exact) mass is 258 g/mol. The lowest BCUT2D eigenvalue weighted by Gasteiger charge is -2.08. The Balaban J connectivity index is 2.16. The zero-order valence-electron chi connectivity index (χ0n) is 11.5. The largest absolute Gasteiger partial charge is 0.294 e. The minimum atomic E-state index is 0.0311. The van der Waals surface area contributed by atoms with Crippen LogP contribution in [-0.2, 0) is 13.0 Å². The van der Waals surface area contributed by atoms with Crippen LogP contribution < -0.4 is 0 Å². The summed E-state index contributed by atoms with van der Waals surface area (Å²) in [4.78, 5) is 20.6. The van der Waals surface area contributed by atoms with Crippen LogP contribution in [0.2, 0.25) is 0 Å². The van der Waals surface area contributed by atoms with E-state index in [1.807, 2.05) is 6.92 Å². The molecule has 0 spiro atoms. The Labute approximate surface area is 112 Å². The SMILES string of the molecule is Cc1ncccc1C(=O)Cc1ncnn1CC(C)C. The van der Waals surface area contributed by atoms with Crippen molar-refractivity contribution in [3.63, 3.8) is 0 Å². The molecule has 0 amide bonds. The van der Waals surface area contributed by atoms with Crippen LogP contribution in [0.15, 0.2) is 24.7 Å². The molecule has 0 saturated carbocycles. The minimum absolute atomic E-state index is 0.0311. The van der Waals surface area contributed by atoms with E-state index in [0.29, 0.717) is 17.3 Å². The van der Waals surface area contributed by atoms with Gasteiger partial charge in [0.1, 0.15) is 12.2 Å². The molecule has 0 aliphatic rings. The second-order valence-corrected chi connectivity index (χ2v) is 4.99. The Morgan fingerprint density at radius 2 is 2.16 bits per heavy atom. The fourth-order valence-corrected chi connectivity index (χ4v) is 1.94. The highest BCUT2D eigenvalue weighted by Gasteiger charge is 2.14. The van der Waals surface area contributed by atoms with Crippen LogP contribution in [0.25, 0.3) is 0 Å². The predicted molar refractivity (Wildman–Crippen MR) is 71.9 cm³/mol. The molecule has 2 heterocycles. The molecule has 2 aromatic heterocycles. The van der Waals surface area contributed by atoms with E-state index >= 15 is 0 Å². The third kappa shape index (κ3) is 3.24. The zero-order chi connectivity index (χ0) is 13.8. The minimum Gasteiger partial charge on any atom is -0.294 e. The molecule has 5 nitrogen and oxygen atoms in total. The van der Waals surface area contributed by atoms with Gasteiger partial charge in [-0.2, -0.15) is 5.10 Å². The summed E-state index contributed by atoms with van der Waals surface area (Å²) in [6.07, 6.45) is 3.45. The summed E-state index contributed by atoms with van der Waals surface area (Å²) in [6.45, 7) is 6.83. The van der Waals surface area contributed by atoms with Gasteiger partial charge in [-0.15, -0.1) is 0 Å². The second-order valence-electron chi connectivity index (χ2n) is 4.99. The number of hydrogen-bond donors (Lipinski definition) is 0. The Morgan fingerprint density at radius 3 is 2.84 bits per heavy atom. The molecular formula is C14H18N4O. The standard InChI is InChI=1S/C14H18N4O/c1-10(2)8-18-14(16-9-17-18)7-13(19)12-5-4-6-15-11(12)3/h4-6,9-10H,7-8H2,1-3H3. The first-order valence-corrected chi connectivity index (χ1v) is 6.39. The molecule has 0 radical (unpaired) electrons. The average molecular weight is 258 g/mol. The molecular weight excluding hydrogens is 240 g/mol. The highest BCUT2D eigenvalue weighted by molar-refractivity contribution is 5.97. The number of pyridine rings is 1. The topological polar surface area (TPSA) is 60.7 Å². The molecule has 2 rings (SSSR count). The molecule has 0 bridgehead atoms. The third-order valence-corrected chi connectivity index (χ3v) is 2.86. The molecule has 0 atom stereocenters. The van der Waals surface area contributed by atoms with E-state index in [9.17, 15) is 4.79 Å². The van der Waals surface area contributed by atoms with E-state index in [0.717, 1.165) is 12.2 Å². The molecule has 100 valence electrons. The molecule has 5 heteroatoms. The van der Waals surface area contributed by atoms with Gasteiger partial charge in [0.25, 0.3) is 0 Å². The van der Waals surface area contributed by atoms with Crippen LogP contribution in [-0.4, -0.2) is 25.5 Å². The van der Waals surface area contributed by atoms with Crippen molar-refractivity contribution in [3.8, 4) is 0 Å². The molecule has 0 aliphatic heterocycles. The second kappa shape index (κ2) is 5.73. The number of rotatable bonds is 5. The van der Waals surface area contributed by atoms with Crippen molar-refractivity contribution < 1.29 is 4.79 Å². The van der Waals surface area contributed by atoms with Gasteiger partial charge in [-0.05, 0) is 25.0 Å². The van der Waals surface area contributed by atoms with Crippen molar-refractivity contribution in [3.05, 3.63) is 41.7 Å². The van der Waals surface area contributed by atoms with Gasteiger partial charge in [-0.3, -0.25) is 9.78 Å². The Bertz CT molecular complexity index is 574. The van der Waals surface area contributed by atoms with E-state index in [1.54, 1.807) is 23.0 Å². The van der Waals surface area contributed by atoms with E-state index in [2.05, 4.69) is 28.9 Å². The molecule has 2 aromatic rings. The fourth-order valence-electron chi connectivity index (χ4n) is 1.94. The van der Waals surface area contributed by atoms with Gasteiger partial charge in [0.15, 0.2) is 5.78 Å². The number of hydrogen-bond acceptors (Lipinski definition) is 4. The van der Waals surface area contributed by atoms with Crippen LogP contribution in [0.3, 0.4) is 0 Å². The van der Waals surface area contributed by atoms with Crippen LogP contribution in [0.1, 0.15) is 35.7 Å². The molecule has 0 fully saturated rings. The first-order chi connectivity index (χ1) is 9.08. The van der Waals surface area contributed by atoms with Crippen LogP contribution in [0, 0.1) is 12.8 Å². The maximum Gasteiger partial charge on any atom is 0.172 e. The number of carbonyl (C=O) groups is 1. The summed E-state index contributed by atoms with van der Waals surface area (Å²) >= 11 is 0. The predicted octanol–water partition coefficient (Wildman–Crippen LogP) is 2.06. The first kappa shape index (κ1) is 13.4. The molecule has 0 unspecified atom stereocenters. The summed E-state index contributed by atoms with van der Waals surface area (Å²) in [7, 11) is 0. The van der Waals surface area contributed by atoms with Crippen molar-refractivity contribution >= 4 is 5.78 Å².